The Morgan fingerprint density at radius 3 is 0.864 bits per heavy atom. The van der Waals surface area contributed by atoms with E-state index in [1.54, 1.807) is 93.3 Å². The number of hydrogen-bond donors (Lipinski definition) is 16. The highest BCUT2D eigenvalue weighted by Gasteiger charge is 2.49. The van der Waals surface area contributed by atoms with Crippen molar-refractivity contribution in [2.75, 3.05) is 203 Å². The summed E-state index contributed by atoms with van der Waals surface area (Å²) < 4.78 is 97.0. The Morgan fingerprint density at radius 2 is 0.606 bits per heavy atom. The molecule has 5 atom stereocenters. The van der Waals surface area contributed by atoms with Crippen molar-refractivity contribution in [1.29, 1.82) is 43.3 Å². The number of ether oxygens (including phenoxy) is 4. The number of hydrogen-bond acceptors (Lipinski definition) is 24. The first-order valence-corrected chi connectivity index (χ1v) is 43.0. The van der Waals surface area contributed by atoms with E-state index in [9.17, 15) is 102 Å². The predicted molar refractivity (Wildman–Crippen MR) is 472 cm³/mol. The summed E-state index contributed by atoms with van der Waals surface area (Å²) >= 11 is 0. The number of allylic oxidation sites excluding steroid dienone is 1. The smallest absolute Gasteiger partial charge is 0.396 e. The van der Waals surface area contributed by atoms with Crippen LogP contribution in [0.2, 0.25) is 0 Å². The van der Waals surface area contributed by atoms with Gasteiger partial charge < -0.3 is 112 Å². The lowest BCUT2D eigenvalue weighted by atomic mass is 9.91. The van der Waals surface area contributed by atoms with Gasteiger partial charge in [0.05, 0.1) is 62.8 Å². The summed E-state index contributed by atoms with van der Waals surface area (Å²) in [6.45, 7) is 7.82. The zero-order valence-corrected chi connectivity index (χ0v) is 72.2. The number of carbonyl (C=O) groups excluding carboxylic acids is 1. The monoisotopic (exact) mass is 1830 g/mol. The van der Waals surface area contributed by atoms with Gasteiger partial charge in [-0.05, 0) is 39.0 Å². The number of anilines is 4. The van der Waals surface area contributed by atoms with Crippen molar-refractivity contribution in [3.05, 3.63) is 131 Å². The number of benzene rings is 3. The van der Waals surface area contributed by atoms with Crippen molar-refractivity contribution < 1.29 is 85.5 Å². The molecule has 10 aliphatic rings. The molecule has 7 aromatic rings. The molecule has 0 spiro atoms. The van der Waals surface area contributed by atoms with Crippen LogP contribution in [0.1, 0.15) is 93.4 Å². The highest BCUT2D eigenvalue weighted by atomic mass is 19.1. The summed E-state index contributed by atoms with van der Waals surface area (Å²) in [7, 11) is 0. The number of carboxylic acids is 4. The van der Waals surface area contributed by atoms with Gasteiger partial charge in [-0.3, -0.25) is 83.7 Å². The molecule has 0 bridgehead atoms. The molecule has 4 aromatic heterocycles. The van der Waals surface area contributed by atoms with Crippen molar-refractivity contribution >= 4 is 133 Å². The van der Waals surface area contributed by atoms with Gasteiger partial charge in [0.25, 0.3) is 11.5 Å². The van der Waals surface area contributed by atoms with Crippen LogP contribution in [0, 0.1) is 72.5 Å². The van der Waals surface area contributed by atoms with E-state index in [1.165, 1.54) is 29.2 Å². The van der Waals surface area contributed by atoms with Crippen molar-refractivity contribution in [2.45, 2.75) is 51.9 Å². The number of carboxylic acid groups (broad SMARTS) is 4. The number of ketones is 1. The number of nitrogens with zero attached hydrogens (tertiary/aromatic N) is 16. The van der Waals surface area contributed by atoms with Crippen LogP contribution in [0.5, 0.6) is 23.1 Å². The molecule has 0 amide bonds. The van der Waals surface area contributed by atoms with E-state index < -0.39 is 116 Å². The maximum atomic E-state index is 16.6. The maximum Gasteiger partial charge on any atom is 0.396 e. The first kappa shape index (κ1) is 88.8. The van der Waals surface area contributed by atoms with Gasteiger partial charge in [-0.2, -0.15) is 0 Å². The Morgan fingerprint density at radius 1 is 0.356 bits per heavy atom. The van der Waals surface area contributed by atoms with E-state index >= 15 is 17.6 Å². The Labute approximate surface area is 747 Å². The Bertz CT molecular complexity index is 6170. The first-order valence-electron chi connectivity index (χ1n) is 43.0. The standard InChI is InChI=1S/C84H96F4N28O16/c1-41-37-132-72-64(55(88)33-57-68(120)48(73(121)122)32-56(41)116(57)72)104-11-19-108(20-12-104)80(92)100-84(96)112-27-25-110(82(94)98-78(90)106-15-7-102(8-16-106)62-53(86)30-46-59-70(62)130-39-43(3)114(59)35-50(66(46)118)75(125)126)23-21-109(81(93)97-77(89)105-13-5-101(6-14-105)61-52(85)29-45-58-69(61)129-38-42(2)113(58)34-49(65(45)117)74(123)124)22-24-111(26-28-112)83(95)99-79(91)107-17-9-103(10-18-107)63-54(87)31-47-60-71(63)131-40-44(4)115(60)36-51(67(47)119)76(127)128/h29-36,41-44,56H,5-28,37-40H2,1-4H3,(H15-,89,90,91,92,93,94,95,96,97,98,99,100,121,122,123,124,125,126,127,128)/p+1. The fourth-order valence-electron chi connectivity index (χ4n) is 18.8. The maximum absolute atomic E-state index is 16.6. The average Bonchev–Trinajstić information content (AvgIpc) is 0.742. The molecular weight excluding hydrogens is 1730 g/mol. The average molecular weight is 1830 g/mol. The van der Waals surface area contributed by atoms with Crippen molar-refractivity contribution in [2.24, 2.45) is 5.92 Å². The van der Waals surface area contributed by atoms with Crippen LogP contribution < -0.4 is 80.7 Å². The fraction of sp³-hybridized carbons (Fsp3) is 0.440. The van der Waals surface area contributed by atoms with Crippen LogP contribution in [0.3, 0.4) is 0 Å². The molecule has 696 valence electrons. The molecule has 48 heteroatoms. The number of halogens is 4. The van der Waals surface area contributed by atoms with Crippen LogP contribution in [-0.4, -0.2) is 334 Å². The number of piperazine rings is 4. The largest absolute Gasteiger partial charge is 0.487 e. The summed E-state index contributed by atoms with van der Waals surface area (Å²) in [5.74, 6) is -12.5. The summed E-state index contributed by atoms with van der Waals surface area (Å²) in [5, 5.41) is 128. The third-order valence-corrected chi connectivity index (χ3v) is 26.1. The van der Waals surface area contributed by atoms with Gasteiger partial charge in [-0.15, -0.1) is 4.57 Å². The number of aliphatic carboxylic acids is 1. The highest BCUT2D eigenvalue weighted by Crippen LogP contribution is 2.47. The Hall–Kier alpha value is -15.2. The number of aromatic nitrogens is 4. The van der Waals surface area contributed by atoms with Crippen molar-refractivity contribution in [3.63, 3.8) is 0 Å². The van der Waals surface area contributed by atoms with Gasteiger partial charge in [0, 0.05) is 182 Å². The zero-order chi connectivity index (χ0) is 93.8. The third kappa shape index (κ3) is 16.0. The van der Waals surface area contributed by atoms with Crippen molar-refractivity contribution in [1.82, 2.24) is 74.2 Å². The minimum atomic E-state index is -1.47. The minimum Gasteiger partial charge on any atom is -0.487 e. The van der Waals surface area contributed by atoms with Gasteiger partial charge in [0.15, 0.2) is 99.9 Å². The number of Topliss-reactive ketones (excluding diaryl/α,β-unsaturated/α-hetero) is 1. The summed E-state index contributed by atoms with van der Waals surface area (Å²) in [6.07, 6.45) is 5.03. The summed E-state index contributed by atoms with van der Waals surface area (Å²) in [5.41, 5.74) is -4.08. The molecule has 10 aliphatic heterocycles. The highest BCUT2D eigenvalue weighted by molar-refractivity contribution is 6.23. The molecule has 5 fully saturated rings. The number of pyridine rings is 4. The van der Waals surface area contributed by atoms with E-state index in [-0.39, 0.29) is 321 Å². The van der Waals surface area contributed by atoms with E-state index in [1.807, 2.05) is 6.92 Å². The SMILES string of the molecule is CC1COc2c(N3CCN(C(=N)NC(=N)N4CCN(C(=N)NC(=N)N5CCN(c6c(F)cc7c(=O)c(C(=O)O)cn8c7c6OCC8C)CC5)CCN(C(=N)NC(=N)N5CCN(c6c(F)cc7c(=O)c(C(=O)O)cn8c7c6OCC8C)CC5)CCN(C(=N)NC(=N)N5CCN(c6c(F)cc7c(=O)c(C(=O)O)cn8c7c6OCC8C)CC5)CC4)CC3)c(F)cc3[n+]2C1C=C(C(=O)O)C3=O. The molecule has 17 rings (SSSR count). The molecule has 44 nitrogen and oxygen atoms in total. The molecule has 0 radical (unpaired) electrons. The molecule has 5 saturated heterocycles. The normalized spacial score (nSPS) is 20.3. The number of aromatic carboxylic acids is 3. The molecule has 132 heavy (non-hydrogen) atoms. The second kappa shape index (κ2) is 35.0. The van der Waals surface area contributed by atoms with Gasteiger partial charge in [-0.25, -0.2) is 36.7 Å². The number of rotatable bonds is 8. The van der Waals surface area contributed by atoms with Crippen LogP contribution in [0.4, 0.5) is 40.3 Å². The predicted octanol–water partition coefficient (Wildman–Crippen LogP) is 1.85. The van der Waals surface area contributed by atoms with Crippen LogP contribution >= 0.6 is 0 Å². The van der Waals surface area contributed by atoms with Crippen LogP contribution in [-0.2, 0) is 4.79 Å². The summed E-state index contributed by atoms with van der Waals surface area (Å²) in [4.78, 5) is 122. The van der Waals surface area contributed by atoms with Crippen LogP contribution in [0.15, 0.2) is 68.9 Å². The zero-order valence-electron chi connectivity index (χ0n) is 72.2. The molecule has 16 N–H and O–H groups in total. The van der Waals surface area contributed by atoms with Gasteiger partial charge in [0.2, 0.25) is 16.3 Å². The Balaban J connectivity index is 0.628. The van der Waals surface area contributed by atoms with Crippen molar-refractivity contribution in [3.8, 4) is 23.1 Å². The summed E-state index contributed by atoms with van der Waals surface area (Å²) in [6, 6.07) is 2.10. The van der Waals surface area contributed by atoms with Gasteiger partial charge in [-0.1, -0.05) is 6.92 Å². The molecular formula is C84H97F4N28O16+. The molecule has 0 aliphatic carbocycles. The Kier molecular flexibility index (Phi) is 23.6. The van der Waals surface area contributed by atoms with Gasteiger partial charge in [0.1, 0.15) is 65.8 Å². The van der Waals surface area contributed by atoms with E-state index in [0.29, 0.717) is 0 Å². The second-order valence-electron chi connectivity index (χ2n) is 34.1. The fourth-order valence-corrected chi connectivity index (χ4v) is 18.8. The lowest BCUT2D eigenvalue weighted by Gasteiger charge is -2.41. The van der Waals surface area contributed by atoms with Crippen LogP contribution in [0.25, 0.3) is 32.7 Å². The van der Waals surface area contributed by atoms with E-state index in [0.717, 1.165) is 24.3 Å². The lowest BCUT2D eigenvalue weighted by molar-refractivity contribution is -0.734. The number of carbonyl (C=O) groups is 5. The first-order chi connectivity index (χ1) is 63.0. The molecule has 14 heterocycles. The molecule has 5 unspecified atom stereocenters. The lowest BCUT2D eigenvalue weighted by Crippen LogP contribution is -2.60. The topological polar surface area (TPSA) is 551 Å². The van der Waals surface area contributed by atoms with Gasteiger partial charge >= 0.3 is 29.8 Å². The molecule has 3 aromatic carbocycles. The third-order valence-electron chi connectivity index (χ3n) is 26.1. The van der Waals surface area contributed by atoms with E-state index in [2.05, 4.69) is 21.3 Å². The number of nitrogens with one attached hydrogen (secondary N) is 12. The van der Waals surface area contributed by atoms with E-state index in [4.69, 9.17) is 18.9 Å². The minimum absolute atomic E-state index is 0.0291. The second-order valence-corrected chi connectivity index (χ2v) is 34.1. The molecule has 0 saturated carbocycles. The quantitative estimate of drug-likeness (QED) is 0.0339. The number of guanidine groups is 8.